The van der Waals surface area contributed by atoms with Crippen LogP contribution in [0.15, 0.2) is 18.2 Å². The van der Waals surface area contributed by atoms with Crippen molar-refractivity contribution < 1.29 is 14.3 Å². The number of benzene rings is 1. The van der Waals surface area contributed by atoms with Crippen molar-refractivity contribution in [3.63, 3.8) is 0 Å². The minimum atomic E-state index is -0.214. The molecule has 1 aromatic carbocycles. The van der Waals surface area contributed by atoms with E-state index in [9.17, 15) is 9.59 Å². The van der Waals surface area contributed by atoms with E-state index in [1.807, 2.05) is 6.07 Å². The molecular formula is C30H43NO3. The molecule has 0 aromatic heterocycles. The van der Waals surface area contributed by atoms with Gasteiger partial charge in [0.05, 0.1) is 5.92 Å². The van der Waals surface area contributed by atoms with Crippen LogP contribution in [-0.2, 0) is 9.59 Å². The first kappa shape index (κ1) is 25.1. The zero-order chi connectivity index (χ0) is 23.9. The summed E-state index contributed by atoms with van der Waals surface area (Å²) >= 11 is 0. The first-order valence-corrected chi connectivity index (χ1v) is 13.9. The highest BCUT2D eigenvalue weighted by Crippen LogP contribution is 2.45. The molecule has 4 heteroatoms. The number of esters is 1. The van der Waals surface area contributed by atoms with Gasteiger partial charge in [0.15, 0.2) is 0 Å². The molecule has 3 aliphatic rings. The van der Waals surface area contributed by atoms with Gasteiger partial charge in [0.1, 0.15) is 12.0 Å². The molecule has 0 amide bonds. The predicted octanol–water partition coefficient (Wildman–Crippen LogP) is 7.48. The number of carbonyl (C=O) groups excluding carboxylic acids is 2. The molecular weight excluding hydrogens is 422 g/mol. The Labute approximate surface area is 205 Å². The zero-order valence-corrected chi connectivity index (χ0v) is 21.0. The van der Waals surface area contributed by atoms with E-state index in [0.29, 0.717) is 30.1 Å². The molecule has 1 aromatic rings. The highest BCUT2D eigenvalue weighted by atomic mass is 16.5. The molecule has 0 aliphatic heterocycles. The van der Waals surface area contributed by atoms with Gasteiger partial charge in [0.25, 0.3) is 0 Å². The molecule has 0 unspecified atom stereocenters. The molecule has 4 nitrogen and oxygen atoms in total. The molecule has 34 heavy (non-hydrogen) atoms. The van der Waals surface area contributed by atoms with Crippen molar-refractivity contribution in [1.29, 1.82) is 5.41 Å². The van der Waals surface area contributed by atoms with Crippen LogP contribution >= 0.6 is 0 Å². The third kappa shape index (κ3) is 6.17. The highest BCUT2D eigenvalue weighted by Gasteiger charge is 2.32. The van der Waals surface area contributed by atoms with E-state index in [4.69, 9.17) is 10.1 Å². The fraction of sp³-hybridized carbons (Fsp3) is 0.700. The molecule has 3 saturated carbocycles. The van der Waals surface area contributed by atoms with Gasteiger partial charge in [0, 0.05) is 17.7 Å². The summed E-state index contributed by atoms with van der Waals surface area (Å²) < 4.78 is 5.73. The van der Waals surface area contributed by atoms with Gasteiger partial charge in [0.2, 0.25) is 0 Å². The normalized spacial score (nSPS) is 32.0. The maximum Gasteiger partial charge on any atom is 0.314 e. The molecule has 0 saturated heterocycles. The fourth-order valence-electron chi connectivity index (χ4n) is 6.99. The Hall–Kier alpha value is -1.97. The van der Waals surface area contributed by atoms with Gasteiger partial charge < -0.3 is 14.9 Å². The average Bonchev–Trinajstić information content (AvgIpc) is 2.89. The molecule has 0 spiro atoms. The van der Waals surface area contributed by atoms with Crippen molar-refractivity contribution >= 4 is 18.5 Å². The molecule has 0 atom stereocenters. The average molecular weight is 466 g/mol. The lowest BCUT2D eigenvalue weighted by Crippen LogP contribution is -2.26. The number of hydrogen-bond acceptors (Lipinski definition) is 4. The Morgan fingerprint density at radius 3 is 2.18 bits per heavy atom. The monoisotopic (exact) mass is 465 g/mol. The fourth-order valence-corrected chi connectivity index (χ4v) is 6.99. The van der Waals surface area contributed by atoms with Crippen molar-refractivity contribution in [3.05, 3.63) is 29.3 Å². The maximum absolute atomic E-state index is 12.7. The van der Waals surface area contributed by atoms with E-state index in [-0.39, 0.29) is 17.8 Å². The molecule has 1 N–H and O–H groups in total. The first-order valence-electron chi connectivity index (χ1n) is 13.9. The van der Waals surface area contributed by atoms with E-state index >= 15 is 0 Å². The summed E-state index contributed by atoms with van der Waals surface area (Å²) in [6.07, 6.45) is 18.9. The standard InChI is InChI=1S/C30H43NO3/c1-2-3-21-4-8-23(9-5-21)24-12-14-25(15-13-24)27-16-17-29(28(18-27)19-31)34-30(33)26-10-6-22(20-32)7-11-26/h16-26,31H,2-15H2,1H3. The lowest BCUT2D eigenvalue weighted by molar-refractivity contribution is -0.140. The van der Waals surface area contributed by atoms with Gasteiger partial charge in [-0.25, -0.2) is 0 Å². The highest BCUT2D eigenvalue weighted by molar-refractivity contribution is 5.84. The number of nitrogens with one attached hydrogen (secondary N) is 1. The molecule has 186 valence electrons. The van der Waals surface area contributed by atoms with Gasteiger partial charge >= 0.3 is 5.97 Å². The van der Waals surface area contributed by atoms with Gasteiger partial charge in [-0.05, 0) is 106 Å². The second kappa shape index (κ2) is 12.1. The van der Waals surface area contributed by atoms with Crippen LogP contribution in [0.25, 0.3) is 0 Å². The number of hydrogen-bond donors (Lipinski definition) is 1. The van der Waals surface area contributed by atoms with Crippen molar-refractivity contribution in [2.45, 2.75) is 103 Å². The summed E-state index contributed by atoms with van der Waals surface area (Å²) in [6.45, 7) is 2.31. The van der Waals surface area contributed by atoms with Crippen molar-refractivity contribution in [2.75, 3.05) is 0 Å². The molecule has 0 bridgehead atoms. The van der Waals surface area contributed by atoms with E-state index in [2.05, 4.69) is 19.1 Å². The second-order valence-corrected chi connectivity index (χ2v) is 11.3. The van der Waals surface area contributed by atoms with Crippen molar-refractivity contribution in [3.8, 4) is 5.75 Å². The molecule has 0 heterocycles. The zero-order valence-electron chi connectivity index (χ0n) is 21.0. The van der Waals surface area contributed by atoms with Crippen LogP contribution in [0.2, 0.25) is 0 Å². The van der Waals surface area contributed by atoms with Crippen LogP contribution in [0.3, 0.4) is 0 Å². The minimum Gasteiger partial charge on any atom is -0.426 e. The Kier molecular flexibility index (Phi) is 8.97. The predicted molar refractivity (Wildman–Crippen MR) is 137 cm³/mol. The summed E-state index contributed by atoms with van der Waals surface area (Å²) in [5.74, 6) is 3.61. The van der Waals surface area contributed by atoms with E-state index in [1.165, 1.54) is 76.0 Å². The minimum absolute atomic E-state index is 0.0895. The van der Waals surface area contributed by atoms with E-state index in [0.717, 1.165) is 36.9 Å². The maximum atomic E-state index is 12.7. The van der Waals surface area contributed by atoms with Crippen LogP contribution in [0.5, 0.6) is 5.75 Å². The van der Waals surface area contributed by atoms with Crippen LogP contribution < -0.4 is 4.74 Å². The summed E-state index contributed by atoms with van der Waals surface area (Å²) in [7, 11) is 0. The van der Waals surface area contributed by atoms with Crippen molar-refractivity contribution in [1.82, 2.24) is 0 Å². The summed E-state index contributed by atoms with van der Waals surface area (Å²) in [4.78, 5) is 23.6. The first-order chi connectivity index (χ1) is 16.6. The molecule has 4 rings (SSSR count). The van der Waals surface area contributed by atoms with Gasteiger partial charge in [-0.3, -0.25) is 4.79 Å². The lowest BCUT2D eigenvalue weighted by Gasteiger charge is -2.38. The van der Waals surface area contributed by atoms with Crippen molar-refractivity contribution in [2.24, 2.45) is 29.6 Å². The Morgan fingerprint density at radius 1 is 0.941 bits per heavy atom. The van der Waals surface area contributed by atoms with Gasteiger partial charge in [-0.1, -0.05) is 38.7 Å². The molecule has 3 aliphatic carbocycles. The number of carbonyl (C=O) groups is 2. The van der Waals surface area contributed by atoms with E-state index < -0.39 is 0 Å². The summed E-state index contributed by atoms with van der Waals surface area (Å²) in [6, 6.07) is 6.07. The number of aldehydes is 1. The Balaban J connectivity index is 1.29. The van der Waals surface area contributed by atoms with Crippen LogP contribution in [0.4, 0.5) is 0 Å². The largest absolute Gasteiger partial charge is 0.426 e. The number of rotatable bonds is 8. The van der Waals surface area contributed by atoms with E-state index in [1.54, 1.807) is 0 Å². The topological polar surface area (TPSA) is 67.2 Å². The smallest absolute Gasteiger partial charge is 0.314 e. The number of ether oxygens (including phenoxy) is 1. The quantitative estimate of drug-likeness (QED) is 0.187. The molecule has 0 radical (unpaired) electrons. The third-order valence-electron chi connectivity index (χ3n) is 9.20. The third-order valence-corrected chi connectivity index (χ3v) is 9.20. The summed E-state index contributed by atoms with van der Waals surface area (Å²) in [5.41, 5.74) is 1.98. The summed E-state index contributed by atoms with van der Waals surface area (Å²) in [5, 5.41) is 7.89. The Morgan fingerprint density at radius 2 is 1.59 bits per heavy atom. The van der Waals surface area contributed by atoms with Crippen LogP contribution in [0.1, 0.15) is 114 Å². The van der Waals surface area contributed by atoms with Gasteiger partial charge in [-0.15, -0.1) is 0 Å². The second-order valence-electron chi connectivity index (χ2n) is 11.3. The molecule has 3 fully saturated rings. The van der Waals surface area contributed by atoms with Gasteiger partial charge in [-0.2, -0.15) is 0 Å². The lowest BCUT2D eigenvalue weighted by atomic mass is 9.68. The van der Waals surface area contributed by atoms with Crippen LogP contribution in [0, 0.1) is 35.0 Å². The Bertz CT molecular complexity index is 825. The van der Waals surface area contributed by atoms with Crippen LogP contribution in [-0.4, -0.2) is 18.5 Å². The SMILES string of the molecule is CCCC1CCC(C2CCC(c3ccc(OC(=O)C4CCC(C=O)CC4)c(C=N)c3)CC2)CC1.